The molecule has 0 radical (unpaired) electrons. The van der Waals surface area contributed by atoms with Gasteiger partial charge in [-0.3, -0.25) is 0 Å². The van der Waals surface area contributed by atoms with Crippen LogP contribution in [0.4, 0.5) is 34.1 Å². The van der Waals surface area contributed by atoms with Crippen molar-refractivity contribution >= 4 is 68.0 Å². The first-order chi connectivity index (χ1) is 40.1. The van der Waals surface area contributed by atoms with Gasteiger partial charge in [0.1, 0.15) is 42.3 Å². The van der Waals surface area contributed by atoms with E-state index in [-0.39, 0.29) is 7.43 Å². The molecule has 6 aromatic carbocycles. The molecule has 0 saturated heterocycles. The van der Waals surface area contributed by atoms with Gasteiger partial charge >= 0.3 is 0 Å². The average molecular weight is 1130 g/mol. The van der Waals surface area contributed by atoms with Crippen LogP contribution in [0, 0.1) is 0 Å². The van der Waals surface area contributed by atoms with Crippen LogP contribution in [-0.2, 0) is 0 Å². The Bertz CT molecular complexity index is 3020. The first-order valence-electron chi connectivity index (χ1n) is 28.7. The monoisotopic (exact) mass is 1130 g/mol. The van der Waals surface area contributed by atoms with Crippen molar-refractivity contribution in [3.63, 3.8) is 0 Å². The van der Waals surface area contributed by atoms with Crippen LogP contribution in [0.15, 0.2) is 235 Å². The van der Waals surface area contributed by atoms with E-state index >= 15 is 0 Å². The number of hydrogen-bond acceptors (Lipinski definition) is 6. The largest absolute Gasteiger partial charge is 0.378 e. The Kier molecular flexibility index (Phi) is 22.8. The Balaban J connectivity index is 0.000000203. The molecule has 3 aliphatic carbocycles. The van der Waals surface area contributed by atoms with Crippen LogP contribution in [0.25, 0.3) is 16.7 Å². The highest BCUT2D eigenvalue weighted by Gasteiger charge is 2.18. The van der Waals surface area contributed by atoms with E-state index in [9.17, 15) is 0 Å². The quantitative estimate of drug-likeness (QED) is 0.113. The molecule has 0 bridgehead atoms. The Hall–Kier alpha value is -9.21. The van der Waals surface area contributed by atoms with Crippen molar-refractivity contribution in [1.29, 1.82) is 0 Å². The van der Waals surface area contributed by atoms with Crippen molar-refractivity contribution in [1.82, 2.24) is 0 Å². The summed E-state index contributed by atoms with van der Waals surface area (Å²) in [5.74, 6) is 0. The van der Waals surface area contributed by atoms with E-state index in [1.807, 2.05) is 0 Å². The number of nitrogens with zero attached hydrogens (tertiary/aromatic N) is 9. The van der Waals surface area contributed by atoms with Crippen molar-refractivity contribution < 1.29 is 13.7 Å². The van der Waals surface area contributed by atoms with E-state index in [0.717, 1.165) is 0 Å². The highest BCUT2D eigenvalue weighted by Crippen LogP contribution is 2.35. The van der Waals surface area contributed by atoms with E-state index in [0.29, 0.717) is 0 Å². The lowest BCUT2D eigenvalue weighted by Gasteiger charge is -2.18. The van der Waals surface area contributed by atoms with Gasteiger partial charge in [-0.05, 0) is 176 Å². The minimum absolute atomic E-state index is 0. The van der Waals surface area contributed by atoms with Crippen molar-refractivity contribution in [2.45, 2.75) is 7.43 Å². The molecule has 0 atom stereocenters. The van der Waals surface area contributed by atoms with Crippen molar-refractivity contribution in [2.24, 2.45) is 0 Å². The van der Waals surface area contributed by atoms with Crippen LogP contribution < -0.4 is 29.4 Å². The van der Waals surface area contributed by atoms with Crippen LogP contribution in [0.2, 0.25) is 0 Å². The molecule has 0 aliphatic heterocycles. The summed E-state index contributed by atoms with van der Waals surface area (Å²) in [6.45, 7) is 0. The molecular weight excluding hydrogens is 1040 g/mol. The second kappa shape index (κ2) is 29.9. The molecule has 9 heteroatoms. The minimum Gasteiger partial charge on any atom is -0.378 e. The maximum absolute atomic E-state index is 2.21. The fraction of sp³-hybridized carbons (Fsp3) is 0.250. The summed E-state index contributed by atoms with van der Waals surface area (Å²) in [6.07, 6.45) is 26.3. The lowest BCUT2D eigenvalue weighted by atomic mass is 9.90. The van der Waals surface area contributed by atoms with Gasteiger partial charge in [-0.15, -0.1) is 0 Å². The molecule has 9 nitrogen and oxygen atoms in total. The Labute approximate surface area is 511 Å². The van der Waals surface area contributed by atoms with Gasteiger partial charge in [-0.25, -0.2) is 13.7 Å². The van der Waals surface area contributed by atoms with Crippen molar-refractivity contribution in [2.75, 3.05) is 156 Å². The van der Waals surface area contributed by atoms with Crippen LogP contribution in [0.5, 0.6) is 0 Å². The first-order valence-corrected chi connectivity index (χ1v) is 28.7. The second-order valence-electron chi connectivity index (χ2n) is 23.1. The molecule has 0 amide bonds. The SMILES string of the molecule is C.CN(C)c1ccc(C(=C2C=CC(=[N+](C)C)C=C2)c2ccc(N(C)C)cc2)cc1.CN(C)c1ccc(C(=C2C=CC(=[N+](C)C)C=C2)c2ccc(N(C)C)cc2)cc1.CN(C)c1ccc(C(=C2C=CC(=[N+](C)C)C=C2)c2ccc(N(C)C)cc2)cc1. The molecule has 0 spiro atoms. The fourth-order valence-corrected chi connectivity index (χ4v) is 9.84. The van der Waals surface area contributed by atoms with Crippen LogP contribution in [0.3, 0.4) is 0 Å². The zero-order chi connectivity index (χ0) is 60.8. The van der Waals surface area contributed by atoms with Gasteiger partial charge < -0.3 is 29.4 Å². The van der Waals surface area contributed by atoms with Gasteiger partial charge in [-0.2, -0.15) is 0 Å². The van der Waals surface area contributed by atoms with Gasteiger partial charge in [0.2, 0.25) is 0 Å². The lowest BCUT2D eigenvalue weighted by molar-refractivity contribution is -0.462. The summed E-state index contributed by atoms with van der Waals surface area (Å²) in [7, 11) is 37.2. The first kappa shape index (κ1) is 65.0. The normalized spacial score (nSPS) is 12.8. The molecule has 0 aromatic heterocycles. The molecule has 85 heavy (non-hydrogen) atoms. The zero-order valence-corrected chi connectivity index (χ0v) is 53.3. The third kappa shape index (κ3) is 17.0. The van der Waals surface area contributed by atoms with E-state index in [2.05, 4.69) is 388 Å². The molecule has 440 valence electrons. The van der Waals surface area contributed by atoms with Crippen LogP contribution >= 0.6 is 0 Å². The molecule has 0 fully saturated rings. The van der Waals surface area contributed by atoms with Crippen molar-refractivity contribution in [3.05, 3.63) is 269 Å². The number of allylic oxidation sites excluding steroid dienone is 15. The summed E-state index contributed by atoms with van der Waals surface area (Å²) >= 11 is 0. The Morgan fingerprint density at radius 2 is 0.341 bits per heavy atom. The Morgan fingerprint density at radius 1 is 0.212 bits per heavy atom. The highest BCUT2D eigenvalue weighted by molar-refractivity contribution is 6.05. The lowest BCUT2D eigenvalue weighted by Crippen LogP contribution is -2.10. The molecule has 3 aliphatic rings. The van der Waals surface area contributed by atoms with Gasteiger partial charge in [0.15, 0.2) is 17.1 Å². The third-order valence-corrected chi connectivity index (χ3v) is 15.1. The predicted molar refractivity (Wildman–Crippen MR) is 376 cm³/mol. The second-order valence-corrected chi connectivity index (χ2v) is 23.1. The topological polar surface area (TPSA) is 28.5 Å². The van der Waals surface area contributed by atoms with E-state index < -0.39 is 0 Å². The third-order valence-electron chi connectivity index (χ3n) is 15.1. The van der Waals surface area contributed by atoms with Crippen LogP contribution in [0.1, 0.15) is 40.8 Å². The molecule has 6 aromatic rings. The maximum atomic E-state index is 2.21. The Morgan fingerprint density at radius 3 is 0.447 bits per heavy atom. The summed E-state index contributed by atoms with van der Waals surface area (Å²) in [5.41, 5.74) is 25.6. The standard InChI is InChI=1S/3C25H30N3.CH4/c3*1-26(2)22-13-7-19(8-14-22)25(20-9-15-23(16-10-20)27(3)4)21-11-17-24(18-12-21)28(5)6;/h3*7-18H,1-6H3;1H4/q3*+1;. The molecule has 0 heterocycles. The summed E-state index contributed by atoms with van der Waals surface area (Å²) in [5, 5.41) is 0. The number of rotatable bonds is 12. The highest BCUT2D eigenvalue weighted by atomic mass is 15.1. The number of anilines is 6. The van der Waals surface area contributed by atoms with E-state index in [1.165, 1.54) is 118 Å². The zero-order valence-electron chi connectivity index (χ0n) is 53.3. The molecule has 9 rings (SSSR count). The smallest absolute Gasteiger partial charge is 0.199 e. The van der Waals surface area contributed by atoms with Gasteiger partial charge in [0.25, 0.3) is 0 Å². The maximum Gasteiger partial charge on any atom is 0.199 e. The van der Waals surface area contributed by atoms with Crippen LogP contribution in [-0.4, -0.2) is 158 Å². The van der Waals surface area contributed by atoms with E-state index in [4.69, 9.17) is 0 Å². The van der Waals surface area contributed by atoms with Gasteiger partial charge in [0, 0.05) is 155 Å². The molecular formula is C76H94N9+3. The van der Waals surface area contributed by atoms with E-state index in [1.54, 1.807) is 0 Å². The number of hydrogen-bond donors (Lipinski definition) is 0. The summed E-state index contributed by atoms with van der Waals surface area (Å²) in [4.78, 5) is 12.8. The van der Waals surface area contributed by atoms with Gasteiger partial charge in [-0.1, -0.05) is 80.2 Å². The molecule has 0 unspecified atom stereocenters. The predicted octanol–water partition coefficient (Wildman–Crippen LogP) is 14.0. The summed E-state index contributed by atoms with van der Waals surface area (Å²) in [6, 6.07) is 52.7. The average Bonchev–Trinajstić information content (AvgIpc) is 3.61. The molecule has 0 N–H and O–H groups in total. The fourth-order valence-electron chi connectivity index (χ4n) is 9.84. The van der Waals surface area contributed by atoms with Crippen molar-refractivity contribution in [3.8, 4) is 0 Å². The minimum atomic E-state index is 0. The molecule has 0 saturated carbocycles. The summed E-state index contributed by atoms with van der Waals surface area (Å²) < 4.78 is 6.38. The number of benzene rings is 6. The van der Waals surface area contributed by atoms with Gasteiger partial charge in [0.05, 0.1) is 0 Å².